The van der Waals surface area contributed by atoms with E-state index < -0.39 is 0 Å². The summed E-state index contributed by atoms with van der Waals surface area (Å²) < 4.78 is 9.17. The van der Waals surface area contributed by atoms with Gasteiger partial charge in [-0.1, -0.05) is 40.4 Å². The molecule has 0 unspecified atom stereocenters. The summed E-state index contributed by atoms with van der Waals surface area (Å²) in [5.41, 5.74) is 2.31. The van der Waals surface area contributed by atoms with E-state index in [0.29, 0.717) is 21.3 Å². The molecule has 0 aliphatic heterocycles. The molecule has 0 aliphatic carbocycles. The Labute approximate surface area is 154 Å². The Bertz CT molecular complexity index is 880. The van der Waals surface area contributed by atoms with Crippen molar-refractivity contribution in [2.75, 3.05) is 7.11 Å². The fraction of sp³-hybridized carbons (Fsp3) is 0.167. The summed E-state index contributed by atoms with van der Waals surface area (Å²) >= 11 is 6.97. The number of rotatable bonds is 5. The molecule has 0 spiro atoms. The molecule has 1 amide bonds. The lowest BCUT2D eigenvalue weighted by Gasteiger charge is -2.14. The quantitative estimate of drug-likeness (QED) is 0.721. The standard InChI is InChI=1S/C18H16ClN3O2S/c1-11(12-6-8-14(19)9-7-12)20-18(23)17-16(21-22-25-17)13-4-3-5-15(10-13)24-2/h3-11H,1-2H3,(H,20,23)/t11-/m1/s1. The van der Waals surface area contributed by atoms with Gasteiger partial charge in [0.1, 0.15) is 16.3 Å². The third-order valence-corrected chi connectivity index (χ3v) is 4.73. The number of nitrogens with zero attached hydrogens (tertiary/aromatic N) is 2. The van der Waals surface area contributed by atoms with Crippen LogP contribution in [0, 0.1) is 0 Å². The highest BCUT2D eigenvalue weighted by molar-refractivity contribution is 7.08. The number of nitrogens with one attached hydrogen (secondary N) is 1. The summed E-state index contributed by atoms with van der Waals surface area (Å²) in [5.74, 6) is 0.488. The van der Waals surface area contributed by atoms with E-state index in [1.54, 1.807) is 19.2 Å². The average Bonchev–Trinajstić information content (AvgIpc) is 3.12. The topological polar surface area (TPSA) is 64.1 Å². The van der Waals surface area contributed by atoms with E-state index in [1.807, 2.05) is 43.3 Å². The lowest BCUT2D eigenvalue weighted by atomic mass is 10.1. The van der Waals surface area contributed by atoms with Gasteiger partial charge in [-0.3, -0.25) is 4.79 Å². The van der Waals surface area contributed by atoms with E-state index in [2.05, 4.69) is 14.9 Å². The lowest BCUT2D eigenvalue weighted by Crippen LogP contribution is -2.26. The molecule has 7 heteroatoms. The summed E-state index contributed by atoms with van der Waals surface area (Å²) in [6, 6.07) is 14.6. The van der Waals surface area contributed by atoms with E-state index in [4.69, 9.17) is 16.3 Å². The third kappa shape index (κ3) is 3.97. The summed E-state index contributed by atoms with van der Waals surface area (Å²) in [4.78, 5) is 13.1. The van der Waals surface area contributed by atoms with Crippen LogP contribution in [0.4, 0.5) is 0 Å². The number of halogens is 1. The van der Waals surface area contributed by atoms with Crippen molar-refractivity contribution >= 4 is 29.0 Å². The second-order valence-corrected chi connectivity index (χ2v) is 6.62. The molecule has 0 saturated carbocycles. The first kappa shape index (κ1) is 17.4. The monoisotopic (exact) mass is 373 g/mol. The van der Waals surface area contributed by atoms with Crippen LogP contribution in [0.2, 0.25) is 5.02 Å². The van der Waals surface area contributed by atoms with Crippen LogP contribution in [-0.2, 0) is 0 Å². The van der Waals surface area contributed by atoms with E-state index in [9.17, 15) is 4.79 Å². The van der Waals surface area contributed by atoms with Crippen LogP contribution in [0.15, 0.2) is 48.5 Å². The van der Waals surface area contributed by atoms with Crippen LogP contribution in [0.5, 0.6) is 5.75 Å². The molecule has 25 heavy (non-hydrogen) atoms. The van der Waals surface area contributed by atoms with E-state index in [-0.39, 0.29) is 11.9 Å². The molecule has 1 aromatic heterocycles. The van der Waals surface area contributed by atoms with E-state index in [1.165, 1.54) is 0 Å². The normalized spacial score (nSPS) is 11.8. The van der Waals surface area contributed by atoms with Gasteiger partial charge in [-0.2, -0.15) is 0 Å². The first-order valence-corrected chi connectivity index (χ1v) is 8.76. The van der Waals surface area contributed by atoms with Gasteiger partial charge in [0.15, 0.2) is 0 Å². The Balaban J connectivity index is 1.81. The number of amides is 1. The van der Waals surface area contributed by atoms with Crippen LogP contribution in [0.1, 0.15) is 28.2 Å². The van der Waals surface area contributed by atoms with Crippen molar-refractivity contribution in [3.05, 3.63) is 64.0 Å². The van der Waals surface area contributed by atoms with Gasteiger partial charge in [-0.05, 0) is 48.3 Å². The molecule has 0 fully saturated rings. The molecular weight excluding hydrogens is 358 g/mol. The highest BCUT2D eigenvalue weighted by Gasteiger charge is 2.20. The van der Waals surface area contributed by atoms with Crippen molar-refractivity contribution < 1.29 is 9.53 Å². The molecule has 5 nitrogen and oxygen atoms in total. The predicted octanol–water partition coefficient (Wildman–Crippen LogP) is 4.36. The number of benzene rings is 2. The van der Waals surface area contributed by atoms with Gasteiger partial charge < -0.3 is 10.1 Å². The second-order valence-electron chi connectivity index (χ2n) is 5.43. The maximum atomic E-state index is 12.7. The molecule has 1 atom stereocenters. The molecule has 1 N–H and O–H groups in total. The molecule has 2 aromatic carbocycles. The average molecular weight is 374 g/mol. The molecule has 3 aromatic rings. The fourth-order valence-electron chi connectivity index (χ4n) is 2.40. The van der Waals surface area contributed by atoms with E-state index in [0.717, 1.165) is 22.7 Å². The Morgan fingerprint density at radius 2 is 2.00 bits per heavy atom. The van der Waals surface area contributed by atoms with Crippen LogP contribution in [-0.4, -0.2) is 22.6 Å². The van der Waals surface area contributed by atoms with Crippen LogP contribution >= 0.6 is 23.1 Å². The smallest absolute Gasteiger partial charge is 0.265 e. The second kappa shape index (κ2) is 7.63. The minimum Gasteiger partial charge on any atom is -0.497 e. The number of carbonyl (C=O) groups is 1. The first-order chi connectivity index (χ1) is 12.1. The van der Waals surface area contributed by atoms with Gasteiger partial charge in [0.2, 0.25) is 0 Å². The molecule has 0 radical (unpaired) electrons. The number of hydrogen-bond acceptors (Lipinski definition) is 5. The Kier molecular flexibility index (Phi) is 5.31. The lowest BCUT2D eigenvalue weighted by molar-refractivity contribution is 0.0944. The minimum absolute atomic E-state index is 0.162. The predicted molar refractivity (Wildman–Crippen MR) is 99.2 cm³/mol. The largest absolute Gasteiger partial charge is 0.497 e. The van der Waals surface area contributed by atoms with Crippen molar-refractivity contribution in [2.45, 2.75) is 13.0 Å². The van der Waals surface area contributed by atoms with Crippen molar-refractivity contribution in [1.29, 1.82) is 0 Å². The third-order valence-electron chi connectivity index (χ3n) is 3.76. The fourth-order valence-corrected chi connectivity index (χ4v) is 3.11. The van der Waals surface area contributed by atoms with Gasteiger partial charge in [0.05, 0.1) is 13.2 Å². The highest BCUT2D eigenvalue weighted by atomic mass is 35.5. The molecule has 3 rings (SSSR count). The van der Waals surface area contributed by atoms with Crippen LogP contribution in [0.3, 0.4) is 0 Å². The van der Waals surface area contributed by atoms with Crippen molar-refractivity contribution in [3.63, 3.8) is 0 Å². The van der Waals surface area contributed by atoms with Crippen LogP contribution in [0.25, 0.3) is 11.3 Å². The molecule has 1 heterocycles. The van der Waals surface area contributed by atoms with Gasteiger partial charge in [-0.25, -0.2) is 0 Å². The van der Waals surface area contributed by atoms with Gasteiger partial charge >= 0.3 is 0 Å². The van der Waals surface area contributed by atoms with Crippen molar-refractivity contribution in [2.24, 2.45) is 0 Å². The van der Waals surface area contributed by atoms with E-state index >= 15 is 0 Å². The number of hydrogen-bond donors (Lipinski definition) is 1. The SMILES string of the molecule is COc1cccc(-c2nnsc2C(=O)N[C@H](C)c2ccc(Cl)cc2)c1. The zero-order valence-corrected chi connectivity index (χ0v) is 15.3. The number of methoxy groups -OCH3 is 1. The first-order valence-electron chi connectivity index (χ1n) is 7.61. The molecule has 0 saturated heterocycles. The molecule has 128 valence electrons. The van der Waals surface area contributed by atoms with Gasteiger partial charge in [0, 0.05) is 10.6 Å². The van der Waals surface area contributed by atoms with Crippen molar-refractivity contribution in [1.82, 2.24) is 14.9 Å². The summed E-state index contributed by atoms with van der Waals surface area (Å²) in [5, 5.41) is 7.74. The molecule has 0 bridgehead atoms. The highest BCUT2D eigenvalue weighted by Crippen LogP contribution is 2.27. The molecule has 0 aliphatic rings. The number of aromatic nitrogens is 2. The number of carbonyl (C=O) groups excluding carboxylic acids is 1. The zero-order chi connectivity index (χ0) is 17.8. The summed E-state index contributed by atoms with van der Waals surface area (Å²) in [6.07, 6.45) is 0. The number of ether oxygens (including phenoxy) is 1. The Morgan fingerprint density at radius 3 is 2.72 bits per heavy atom. The Hall–Kier alpha value is -2.44. The summed E-state index contributed by atoms with van der Waals surface area (Å²) in [6.45, 7) is 1.92. The maximum Gasteiger partial charge on any atom is 0.265 e. The molecular formula is C18H16ClN3O2S. The van der Waals surface area contributed by atoms with Crippen LogP contribution < -0.4 is 10.1 Å². The van der Waals surface area contributed by atoms with Gasteiger partial charge in [-0.15, -0.1) is 5.10 Å². The zero-order valence-electron chi connectivity index (χ0n) is 13.7. The maximum absolute atomic E-state index is 12.7. The van der Waals surface area contributed by atoms with Gasteiger partial charge in [0.25, 0.3) is 5.91 Å². The van der Waals surface area contributed by atoms with Crippen molar-refractivity contribution in [3.8, 4) is 17.0 Å². The minimum atomic E-state index is -0.213. The Morgan fingerprint density at radius 1 is 1.24 bits per heavy atom. The summed E-state index contributed by atoms with van der Waals surface area (Å²) in [7, 11) is 1.60.